The van der Waals surface area contributed by atoms with Gasteiger partial charge in [0.05, 0.1) is 12.3 Å². The fourth-order valence-electron chi connectivity index (χ4n) is 0.677. The third-order valence-corrected chi connectivity index (χ3v) is 1.10. The summed E-state index contributed by atoms with van der Waals surface area (Å²) in [7, 11) is 1.87. The van der Waals surface area contributed by atoms with Gasteiger partial charge in [-0.1, -0.05) is 0 Å². The van der Waals surface area contributed by atoms with Gasteiger partial charge in [-0.3, -0.25) is 5.01 Å². The number of aliphatic hydroxyl groups is 1. The van der Waals surface area contributed by atoms with Gasteiger partial charge >= 0.3 is 0 Å². The van der Waals surface area contributed by atoms with E-state index in [1.54, 1.807) is 5.01 Å². The second-order valence-electron chi connectivity index (χ2n) is 1.91. The first-order chi connectivity index (χ1) is 4.33. The van der Waals surface area contributed by atoms with Crippen molar-refractivity contribution in [3.8, 4) is 0 Å². The number of allylic oxidation sites excluding steroid dienone is 2. The van der Waals surface area contributed by atoms with Gasteiger partial charge in [0.15, 0.2) is 0 Å². The predicted molar refractivity (Wildman–Crippen MR) is 35.2 cm³/mol. The summed E-state index contributed by atoms with van der Waals surface area (Å²) in [4.78, 5) is 0. The Hall–Kier alpha value is -0.960. The van der Waals surface area contributed by atoms with Gasteiger partial charge in [-0.25, -0.2) is 0 Å². The molecule has 0 aromatic heterocycles. The Bertz CT molecular complexity index is 151. The molecule has 0 spiro atoms. The Morgan fingerprint density at radius 3 is 3.00 bits per heavy atom. The summed E-state index contributed by atoms with van der Waals surface area (Å²) in [6.45, 7) is 0.0642. The quantitative estimate of drug-likeness (QED) is 0.512. The van der Waals surface area contributed by atoms with Crippen LogP contribution in [-0.2, 0) is 0 Å². The zero-order valence-corrected chi connectivity index (χ0v) is 5.33. The highest BCUT2D eigenvalue weighted by molar-refractivity contribution is 5.14. The van der Waals surface area contributed by atoms with Crippen molar-refractivity contribution in [3.05, 3.63) is 24.0 Å². The van der Waals surface area contributed by atoms with Crippen molar-refractivity contribution in [1.82, 2.24) is 10.4 Å². The molecule has 1 aliphatic rings. The normalized spacial score (nSPS) is 17.1. The van der Waals surface area contributed by atoms with E-state index in [4.69, 9.17) is 5.11 Å². The number of hydrogen-bond acceptors (Lipinski definition) is 3. The van der Waals surface area contributed by atoms with Crippen LogP contribution in [0.4, 0.5) is 0 Å². The number of hydrazine groups is 1. The van der Waals surface area contributed by atoms with E-state index >= 15 is 0 Å². The molecule has 0 bridgehead atoms. The Morgan fingerprint density at radius 1 is 1.78 bits per heavy atom. The van der Waals surface area contributed by atoms with Gasteiger partial charge in [-0.05, 0) is 12.2 Å². The molecule has 0 aromatic rings. The third kappa shape index (κ3) is 1.47. The molecule has 0 amide bonds. The average molecular weight is 126 g/mol. The lowest BCUT2D eigenvalue weighted by Gasteiger charge is -2.20. The number of nitrogens with one attached hydrogen (secondary N) is 1. The van der Waals surface area contributed by atoms with Crippen molar-refractivity contribution < 1.29 is 5.11 Å². The van der Waals surface area contributed by atoms with Crippen molar-refractivity contribution >= 4 is 0 Å². The van der Waals surface area contributed by atoms with Crippen LogP contribution in [0.2, 0.25) is 0 Å². The van der Waals surface area contributed by atoms with E-state index in [-0.39, 0.29) is 6.61 Å². The van der Waals surface area contributed by atoms with Crippen LogP contribution in [0.3, 0.4) is 0 Å². The van der Waals surface area contributed by atoms with Gasteiger partial charge in [-0.2, -0.15) is 0 Å². The molecule has 50 valence electrons. The molecule has 9 heavy (non-hydrogen) atoms. The first kappa shape index (κ1) is 6.16. The van der Waals surface area contributed by atoms with E-state index in [0.29, 0.717) is 0 Å². The van der Waals surface area contributed by atoms with Crippen molar-refractivity contribution in [2.24, 2.45) is 0 Å². The fourth-order valence-corrected chi connectivity index (χ4v) is 0.677. The summed E-state index contributed by atoms with van der Waals surface area (Å²) in [5.74, 6) is 0. The lowest BCUT2D eigenvalue weighted by molar-refractivity contribution is 0.278. The van der Waals surface area contributed by atoms with Crippen LogP contribution in [0, 0.1) is 0 Å². The maximum absolute atomic E-state index is 8.62. The molecule has 0 aromatic carbocycles. The number of hydrogen-bond donors (Lipinski definition) is 2. The molecule has 0 fully saturated rings. The maximum Gasteiger partial charge on any atom is 0.0845 e. The topological polar surface area (TPSA) is 35.5 Å². The van der Waals surface area contributed by atoms with Crippen LogP contribution in [0.15, 0.2) is 24.0 Å². The van der Waals surface area contributed by atoms with E-state index in [9.17, 15) is 0 Å². The maximum atomic E-state index is 8.62. The van der Waals surface area contributed by atoms with Crippen LogP contribution in [-0.4, -0.2) is 23.8 Å². The highest BCUT2D eigenvalue weighted by atomic mass is 16.3. The van der Waals surface area contributed by atoms with Crippen molar-refractivity contribution in [2.45, 2.75) is 0 Å². The van der Waals surface area contributed by atoms with Gasteiger partial charge in [0.2, 0.25) is 0 Å². The van der Waals surface area contributed by atoms with Gasteiger partial charge in [-0.15, -0.1) is 0 Å². The predicted octanol–water partition coefficient (Wildman–Crippen LogP) is -0.174. The Labute approximate surface area is 54.3 Å². The molecule has 3 nitrogen and oxygen atoms in total. The van der Waals surface area contributed by atoms with Gasteiger partial charge in [0.25, 0.3) is 0 Å². The fraction of sp³-hybridized carbons (Fsp3) is 0.333. The van der Waals surface area contributed by atoms with Crippen LogP contribution in [0.5, 0.6) is 0 Å². The third-order valence-electron chi connectivity index (χ3n) is 1.10. The number of nitrogens with zero attached hydrogens (tertiary/aromatic N) is 1. The molecule has 1 heterocycles. The van der Waals surface area contributed by atoms with Crippen molar-refractivity contribution in [3.63, 3.8) is 0 Å². The van der Waals surface area contributed by atoms with Gasteiger partial charge in [0.1, 0.15) is 0 Å². The molecule has 0 saturated heterocycles. The second-order valence-corrected chi connectivity index (χ2v) is 1.91. The summed E-state index contributed by atoms with van der Waals surface area (Å²) in [6.07, 6.45) is 5.58. The van der Waals surface area contributed by atoms with E-state index in [1.165, 1.54) is 0 Å². The van der Waals surface area contributed by atoms with Crippen molar-refractivity contribution in [2.75, 3.05) is 13.7 Å². The zero-order chi connectivity index (χ0) is 6.69. The van der Waals surface area contributed by atoms with E-state index in [0.717, 1.165) is 5.70 Å². The zero-order valence-electron chi connectivity index (χ0n) is 5.33. The van der Waals surface area contributed by atoms with Gasteiger partial charge < -0.3 is 10.5 Å². The van der Waals surface area contributed by atoms with E-state index in [2.05, 4.69) is 5.43 Å². The van der Waals surface area contributed by atoms with Gasteiger partial charge in [0, 0.05) is 13.2 Å². The summed E-state index contributed by atoms with van der Waals surface area (Å²) >= 11 is 0. The second kappa shape index (κ2) is 2.55. The minimum atomic E-state index is 0.0642. The summed E-state index contributed by atoms with van der Waals surface area (Å²) in [6, 6.07) is 0. The minimum absolute atomic E-state index is 0.0642. The van der Waals surface area contributed by atoms with E-state index in [1.807, 2.05) is 25.4 Å². The molecule has 0 aliphatic carbocycles. The van der Waals surface area contributed by atoms with E-state index < -0.39 is 0 Å². The van der Waals surface area contributed by atoms with Crippen LogP contribution < -0.4 is 5.43 Å². The summed E-state index contributed by atoms with van der Waals surface area (Å²) in [5, 5.41) is 10.4. The molecule has 0 unspecified atom stereocenters. The average Bonchev–Trinajstić information content (AvgIpc) is 1.88. The Kier molecular flexibility index (Phi) is 1.75. The molecule has 1 rings (SSSR count). The molecular weight excluding hydrogens is 116 g/mol. The summed E-state index contributed by atoms with van der Waals surface area (Å²) in [5.41, 5.74) is 3.74. The largest absolute Gasteiger partial charge is 0.390 e. The van der Waals surface area contributed by atoms with Crippen LogP contribution >= 0.6 is 0 Å². The molecule has 1 aliphatic heterocycles. The smallest absolute Gasteiger partial charge is 0.0845 e. The first-order valence-electron chi connectivity index (χ1n) is 2.80. The molecule has 0 saturated carbocycles. The highest BCUT2D eigenvalue weighted by Gasteiger charge is 1.97. The lowest BCUT2D eigenvalue weighted by Crippen LogP contribution is -2.31. The molecule has 0 radical (unpaired) electrons. The summed E-state index contributed by atoms with van der Waals surface area (Å²) < 4.78 is 0. The molecule has 3 heteroatoms. The Balaban J connectivity index is 2.55. The van der Waals surface area contributed by atoms with Crippen LogP contribution in [0.1, 0.15) is 0 Å². The number of aliphatic hydroxyl groups excluding tert-OH is 1. The highest BCUT2D eigenvalue weighted by Crippen LogP contribution is 1.96. The van der Waals surface area contributed by atoms with Crippen molar-refractivity contribution in [1.29, 1.82) is 0 Å². The molecule has 2 N–H and O–H groups in total. The minimum Gasteiger partial charge on any atom is -0.390 e. The lowest BCUT2D eigenvalue weighted by atomic mass is 10.4. The molecule has 0 atom stereocenters. The van der Waals surface area contributed by atoms with Crippen LogP contribution in [0.25, 0.3) is 0 Å². The SMILES string of the molecule is CN1C=CC=C(CO)N1. The molecular formula is C6H10N2O. The standard InChI is InChI=1S/C6H10N2O/c1-8-4-2-3-6(5-9)7-8/h2-4,7,9H,5H2,1H3. The first-order valence-corrected chi connectivity index (χ1v) is 2.80. The monoisotopic (exact) mass is 126 g/mol. The number of rotatable bonds is 1. The Morgan fingerprint density at radius 2 is 2.56 bits per heavy atom.